The number of hydrogen-bond acceptors (Lipinski definition) is 4. The van der Waals surface area contributed by atoms with E-state index in [1.807, 2.05) is 18.2 Å². The average molecular weight is 403 g/mol. The highest BCUT2D eigenvalue weighted by atomic mass is 35.5. The molecule has 2 aromatic carbocycles. The number of carbonyl (C=O) groups is 2. The summed E-state index contributed by atoms with van der Waals surface area (Å²) in [6.45, 7) is 1.98. The van der Waals surface area contributed by atoms with Crippen LogP contribution in [0.25, 0.3) is 0 Å². The van der Waals surface area contributed by atoms with Crippen molar-refractivity contribution in [2.45, 2.75) is 19.3 Å². The third kappa shape index (κ3) is 5.63. The molecule has 0 unspecified atom stereocenters. The third-order valence-electron chi connectivity index (χ3n) is 4.30. The van der Waals surface area contributed by atoms with Crippen LogP contribution in [0.15, 0.2) is 42.5 Å². The molecule has 3 rings (SSSR count). The van der Waals surface area contributed by atoms with E-state index < -0.39 is 0 Å². The zero-order valence-corrected chi connectivity index (χ0v) is 16.3. The maximum atomic E-state index is 12.0. The lowest BCUT2D eigenvalue weighted by Crippen LogP contribution is -2.34. The first-order valence-electron chi connectivity index (χ1n) is 9.31. The van der Waals surface area contributed by atoms with Gasteiger partial charge in [0.1, 0.15) is 0 Å². The zero-order valence-electron chi connectivity index (χ0n) is 15.5. The van der Waals surface area contributed by atoms with Gasteiger partial charge in [-0.05, 0) is 36.2 Å². The number of nitrogens with one attached hydrogen (secondary N) is 2. The van der Waals surface area contributed by atoms with Crippen molar-refractivity contribution >= 4 is 23.4 Å². The van der Waals surface area contributed by atoms with E-state index in [9.17, 15) is 9.59 Å². The summed E-state index contributed by atoms with van der Waals surface area (Å²) in [6.07, 6.45) is 1.83. The number of ether oxygens (including phenoxy) is 2. The Hall–Kier alpha value is -2.73. The highest BCUT2D eigenvalue weighted by molar-refractivity contribution is 6.33. The first-order valence-corrected chi connectivity index (χ1v) is 9.69. The van der Waals surface area contributed by atoms with E-state index in [0.717, 1.165) is 23.5 Å². The van der Waals surface area contributed by atoms with Crippen LogP contribution >= 0.6 is 11.6 Å². The quantitative estimate of drug-likeness (QED) is 0.698. The molecule has 0 bridgehead atoms. The monoisotopic (exact) mass is 402 g/mol. The van der Waals surface area contributed by atoms with Gasteiger partial charge in [-0.25, -0.2) is 0 Å². The van der Waals surface area contributed by atoms with Crippen molar-refractivity contribution < 1.29 is 19.1 Å². The second-order valence-corrected chi connectivity index (χ2v) is 6.82. The summed E-state index contributed by atoms with van der Waals surface area (Å²) in [5.41, 5.74) is 1.44. The molecule has 0 aromatic heterocycles. The fraction of sp³-hybridized carbons (Fsp3) is 0.333. The minimum Gasteiger partial charge on any atom is -0.490 e. The molecule has 2 N–H and O–H groups in total. The van der Waals surface area contributed by atoms with Crippen LogP contribution in [-0.2, 0) is 11.2 Å². The van der Waals surface area contributed by atoms with Crippen molar-refractivity contribution in [2.75, 3.05) is 26.3 Å². The highest BCUT2D eigenvalue weighted by Gasteiger charge is 2.12. The van der Waals surface area contributed by atoms with E-state index >= 15 is 0 Å². The van der Waals surface area contributed by atoms with Gasteiger partial charge in [-0.15, -0.1) is 0 Å². The maximum absolute atomic E-state index is 12.0. The number of fused-ring (bicyclic) bond motifs is 1. The molecule has 0 saturated carbocycles. The minimum atomic E-state index is -0.257. The Morgan fingerprint density at radius 3 is 2.54 bits per heavy atom. The fourth-order valence-corrected chi connectivity index (χ4v) is 3.05. The second-order valence-electron chi connectivity index (χ2n) is 6.42. The Morgan fingerprint density at radius 1 is 0.964 bits per heavy atom. The molecule has 0 saturated heterocycles. The molecule has 0 atom stereocenters. The molecule has 0 radical (unpaired) electrons. The molecule has 1 aliphatic heterocycles. The van der Waals surface area contributed by atoms with Crippen LogP contribution in [-0.4, -0.2) is 38.1 Å². The van der Waals surface area contributed by atoms with Crippen molar-refractivity contribution in [3.8, 4) is 11.5 Å². The molecule has 28 heavy (non-hydrogen) atoms. The summed E-state index contributed by atoms with van der Waals surface area (Å²) in [6, 6.07) is 12.6. The molecule has 0 aliphatic carbocycles. The first kappa shape index (κ1) is 20.0. The topological polar surface area (TPSA) is 76.7 Å². The summed E-state index contributed by atoms with van der Waals surface area (Å²) in [5, 5.41) is 5.95. The van der Waals surface area contributed by atoms with E-state index in [0.29, 0.717) is 49.7 Å². The molecule has 7 heteroatoms. The number of carbonyl (C=O) groups excluding carboxylic acids is 2. The Balaban J connectivity index is 1.37. The summed E-state index contributed by atoms with van der Waals surface area (Å²) >= 11 is 5.99. The molecule has 148 valence electrons. The van der Waals surface area contributed by atoms with Crippen LogP contribution in [0.2, 0.25) is 5.02 Å². The van der Waals surface area contributed by atoms with Gasteiger partial charge >= 0.3 is 0 Å². The lowest BCUT2D eigenvalue weighted by molar-refractivity contribution is -0.121. The largest absolute Gasteiger partial charge is 0.490 e. The fourth-order valence-electron chi connectivity index (χ4n) is 2.83. The van der Waals surface area contributed by atoms with E-state index in [2.05, 4.69) is 10.6 Å². The lowest BCUT2D eigenvalue weighted by Gasteiger charge is -2.10. The van der Waals surface area contributed by atoms with Crippen LogP contribution < -0.4 is 20.1 Å². The lowest BCUT2D eigenvalue weighted by atomic mass is 10.1. The summed E-state index contributed by atoms with van der Waals surface area (Å²) in [5.74, 6) is 1.16. The van der Waals surface area contributed by atoms with Crippen molar-refractivity contribution in [2.24, 2.45) is 0 Å². The molecular formula is C21H23ClN2O4. The van der Waals surface area contributed by atoms with Gasteiger partial charge in [0, 0.05) is 25.9 Å². The van der Waals surface area contributed by atoms with Gasteiger partial charge in [0.05, 0.1) is 23.8 Å². The molecule has 2 aromatic rings. The number of rotatable bonds is 7. The van der Waals surface area contributed by atoms with Gasteiger partial charge in [0.2, 0.25) is 5.91 Å². The van der Waals surface area contributed by atoms with E-state index in [4.69, 9.17) is 21.1 Å². The molecular weight excluding hydrogens is 380 g/mol. The van der Waals surface area contributed by atoms with Gasteiger partial charge in [-0.1, -0.05) is 29.8 Å². The number of hydrogen-bond donors (Lipinski definition) is 2. The van der Waals surface area contributed by atoms with Crippen LogP contribution in [0.4, 0.5) is 0 Å². The normalized spacial score (nSPS) is 12.8. The molecule has 6 nitrogen and oxygen atoms in total. The molecule has 1 heterocycles. The smallest absolute Gasteiger partial charge is 0.252 e. The predicted octanol–water partition coefficient (Wildman–Crippen LogP) is 2.98. The van der Waals surface area contributed by atoms with E-state index in [1.165, 1.54) is 0 Å². The second kappa shape index (κ2) is 9.99. The Labute approximate surface area is 169 Å². The number of aryl methyl sites for hydroxylation is 1. The third-order valence-corrected chi connectivity index (χ3v) is 4.63. The van der Waals surface area contributed by atoms with Gasteiger partial charge in [0.15, 0.2) is 11.5 Å². The van der Waals surface area contributed by atoms with E-state index in [-0.39, 0.29) is 11.8 Å². The van der Waals surface area contributed by atoms with Gasteiger partial charge in [0.25, 0.3) is 5.91 Å². The van der Waals surface area contributed by atoms with Crippen molar-refractivity contribution in [1.29, 1.82) is 0 Å². The van der Waals surface area contributed by atoms with Crippen LogP contribution in [0, 0.1) is 0 Å². The summed E-state index contributed by atoms with van der Waals surface area (Å²) < 4.78 is 11.3. The van der Waals surface area contributed by atoms with Gasteiger partial charge in [-0.3, -0.25) is 9.59 Å². The minimum absolute atomic E-state index is 0.0703. The standard InChI is InChI=1S/C21H23ClN2O4/c22-17-5-2-1-4-16(17)21(26)24-11-10-23-20(25)9-7-15-6-8-18-19(14-15)28-13-3-12-27-18/h1-2,4-6,8,14H,3,7,9-13H2,(H,23,25)(H,24,26). The number of halogens is 1. The Bertz CT molecular complexity index is 841. The summed E-state index contributed by atoms with van der Waals surface area (Å²) in [7, 11) is 0. The predicted molar refractivity (Wildman–Crippen MR) is 107 cm³/mol. The first-order chi connectivity index (χ1) is 13.6. The van der Waals surface area contributed by atoms with Crippen molar-refractivity contribution in [3.63, 3.8) is 0 Å². The molecule has 0 fully saturated rings. The molecule has 1 aliphatic rings. The maximum Gasteiger partial charge on any atom is 0.252 e. The zero-order chi connectivity index (χ0) is 19.8. The molecule has 2 amide bonds. The van der Waals surface area contributed by atoms with Gasteiger partial charge in [-0.2, -0.15) is 0 Å². The van der Waals surface area contributed by atoms with Crippen LogP contribution in [0.5, 0.6) is 11.5 Å². The van der Waals surface area contributed by atoms with Gasteiger partial charge < -0.3 is 20.1 Å². The molecule has 0 spiro atoms. The number of amides is 2. The SMILES string of the molecule is O=C(CCc1ccc2c(c1)OCCCO2)NCCNC(=O)c1ccccc1Cl. The Morgan fingerprint density at radius 2 is 1.71 bits per heavy atom. The van der Waals surface area contributed by atoms with Crippen LogP contribution in [0.3, 0.4) is 0 Å². The number of benzene rings is 2. The van der Waals surface area contributed by atoms with Crippen molar-refractivity contribution in [1.82, 2.24) is 10.6 Å². The summed E-state index contributed by atoms with van der Waals surface area (Å²) in [4.78, 5) is 24.1. The highest BCUT2D eigenvalue weighted by Crippen LogP contribution is 2.30. The van der Waals surface area contributed by atoms with Crippen LogP contribution in [0.1, 0.15) is 28.8 Å². The average Bonchev–Trinajstić information content (AvgIpc) is 2.94. The van der Waals surface area contributed by atoms with Crippen molar-refractivity contribution in [3.05, 3.63) is 58.6 Å². The van der Waals surface area contributed by atoms with E-state index in [1.54, 1.807) is 24.3 Å². The Kier molecular flexibility index (Phi) is 7.14.